The SMILES string of the molecule is COc1cc(-c2nnc(SC(C)C(=O)c3c[nH]c4ccccc34)o2)cc(OC)c1OC. The van der Waals surface area contributed by atoms with Crippen molar-refractivity contribution in [3.63, 3.8) is 0 Å². The molecule has 0 radical (unpaired) electrons. The normalized spacial score (nSPS) is 12.0. The summed E-state index contributed by atoms with van der Waals surface area (Å²) in [7, 11) is 4.61. The van der Waals surface area contributed by atoms with Gasteiger partial charge in [-0.2, -0.15) is 0 Å². The lowest BCUT2D eigenvalue weighted by atomic mass is 10.1. The Kier molecular flexibility index (Phi) is 5.85. The average molecular weight is 439 g/mol. The first-order valence-electron chi connectivity index (χ1n) is 9.46. The van der Waals surface area contributed by atoms with Gasteiger partial charge in [0.25, 0.3) is 5.22 Å². The Morgan fingerprint density at radius 3 is 2.45 bits per heavy atom. The summed E-state index contributed by atoms with van der Waals surface area (Å²) in [5.74, 6) is 1.70. The smallest absolute Gasteiger partial charge is 0.277 e. The molecule has 2 aromatic carbocycles. The Morgan fingerprint density at radius 2 is 1.77 bits per heavy atom. The Balaban J connectivity index is 1.56. The minimum atomic E-state index is -0.410. The predicted octanol–water partition coefficient (Wildman–Crippen LogP) is 4.61. The van der Waals surface area contributed by atoms with Gasteiger partial charge in [0.05, 0.1) is 26.6 Å². The summed E-state index contributed by atoms with van der Waals surface area (Å²) in [5, 5.41) is 8.97. The molecule has 1 atom stereocenters. The quantitative estimate of drug-likeness (QED) is 0.314. The van der Waals surface area contributed by atoms with Crippen LogP contribution in [0.2, 0.25) is 0 Å². The summed E-state index contributed by atoms with van der Waals surface area (Å²) in [5.41, 5.74) is 2.18. The molecule has 8 nitrogen and oxygen atoms in total. The summed E-state index contributed by atoms with van der Waals surface area (Å²) in [6, 6.07) is 11.1. The van der Waals surface area contributed by atoms with E-state index in [-0.39, 0.29) is 11.7 Å². The number of benzene rings is 2. The molecule has 9 heteroatoms. The number of nitrogens with zero attached hydrogens (tertiary/aromatic N) is 2. The van der Waals surface area contributed by atoms with Crippen molar-refractivity contribution in [2.24, 2.45) is 0 Å². The molecule has 0 saturated heterocycles. The van der Waals surface area contributed by atoms with E-state index < -0.39 is 5.25 Å². The lowest BCUT2D eigenvalue weighted by Crippen LogP contribution is -2.13. The highest BCUT2D eigenvalue weighted by atomic mass is 32.2. The van der Waals surface area contributed by atoms with Crippen LogP contribution in [-0.4, -0.2) is 47.5 Å². The van der Waals surface area contributed by atoms with Gasteiger partial charge in [0, 0.05) is 28.2 Å². The number of aromatic nitrogens is 3. The molecule has 0 bridgehead atoms. The highest BCUT2D eigenvalue weighted by Gasteiger charge is 2.23. The molecule has 0 fully saturated rings. The van der Waals surface area contributed by atoms with E-state index in [4.69, 9.17) is 18.6 Å². The summed E-state index contributed by atoms with van der Waals surface area (Å²) in [4.78, 5) is 16.1. The fraction of sp³-hybridized carbons (Fsp3) is 0.227. The molecule has 0 aliphatic carbocycles. The van der Waals surface area contributed by atoms with Gasteiger partial charge in [-0.05, 0) is 25.1 Å². The molecule has 0 aliphatic heterocycles. The first kappa shape index (κ1) is 20.8. The third kappa shape index (κ3) is 3.96. The molecule has 31 heavy (non-hydrogen) atoms. The molecule has 160 valence electrons. The predicted molar refractivity (Wildman–Crippen MR) is 117 cm³/mol. The van der Waals surface area contributed by atoms with Crippen molar-refractivity contribution < 1.29 is 23.4 Å². The van der Waals surface area contributed by atoms with Crippen molar-refractivity contribution in [1.82, 2.24) is 15.2 Å². The molecule has 0 spiro atoms. The van der Waals surface area contributed by atoms with Crippen molar-refractivity contribution in [2.75, 3.05) is 21.3 Å². The maximum Gasteiger partial charge on any atom is 0.277 e. The zero-order chi connectivity index (χ0) is 22.0. The van der Waals surface area contributed by atoms with E-state index in [1.54, 1.807) is 18.3 Å². The van der Waals surface area contributed by atoms with Crippen LogP contribution in [0.3, 0.4) is 0 Å². The monoisotopic (exact) mass is 439 g/mol. The standard InChI is InChI=1S/C22H21N3O5S/c1-12(19(26)15-11-23-16-8-6-5-7-14(15)16)31-22-25-24-21(30-22)13-9-17(27-2)20(29-4)18(10-13)28-3/h5-12,23H,1-4H3. The average Bonchev–Trinajstić information content (AvgIpc) is 3.44. The number of carbonyl (C=O) groups excluding carboxylic acids is 1. The number of hydrogen-bond acceptors (Lipinski definition) is 8. The molecular formula is C22H21N3O5S. The number of nitrogens with one attached hydrogen (secondary N) is 1. The molecule has 4 aromatic rings. The van der Waals surface area contributed by atoms with Crippen LogP contribution < -0.4 is 14.2 Å². The minimum Gasteiger partial charge on any atom is -0.493 e. The Hall–Kier alpha value is -3.46. The van der Waals surface area contributed by atoms with Gasteiger partial charge >= 0.3 is 0 Å². The molecular weight excluding hydrogens is 418 g/mol. The number of rotatable bonds is 8. The van der Waals surface area contributed by atoms with E-state index in [0.29, 0.717) is 33.6 Å². The van der Waals surface area contributed by atoms with E-state index in [2.05, 4.69) is 15.2 Å². The highest BCUT2D eigenvalue weighted by Crippen LogP contribution is 2.41. The van der Waals surface area contributed by atoms with Gasteiger partial charge in [-0.25, -0.2) is 0 Å². The molecule has 2 aromatic heterocycles. The number of methoxy groups -OCH3 is 3. The molecule has 0 aliphatic rings. The lowest BCUT2D eigenvalue weighted by molar-refractivity contribution is 0.0995. The van der Waals surface area contributed by atoms with Crippen LogP contribution >= 0.6 is 11.8 Å². The number of ketones is 1. The third-order valence-electron chi connectivity index (χ3n) is 4.82. The first-order valence-corrected chi connectivity index (χ1v) is 10.3. The number of thioether (sulfide) groups is 1. The van der Waals surface area contributed by atoms with Gasteiger partial charge in [-0.3, -0.25) is 4.79 Å². The second-order valence-electron chi connectivity index (χ2n) is 6.66. The van der Waals surface area contributed by atoms with Gasteiger partial charge < -0.3 is 23.6 Å². The van der Waals surface area contributed by atoms with Crippen molar-refractivity contribution in [1.29, 1.82) is 0 Å². The maximum atomic E-state index is 13.0. The van der Waals surface area contributed by atoms with Crippen LogP contribution in [0.5, 0.6) is 17.2 Å². The maximum absolute atomic E-state index is 13.0. The number of Topliss-reactive ketones (excluding diaryl/α,β-unsaturated/α-hetero) is 1. The van der Waals surface area contributed by atoms with Gasteiger partial charge in [-0.1, -0.05) is 30.0 Å². The summed E-state index contributed by atoms with van der Waals surface area (Å²) < 4.78 is 21.9. The Morgan fingerprint density at radius 1 is 1.06 bits per heavy atom. The number of carbonyl (C=O) groups is 1. The fourth-order valence-corrected chi connectivity index (χ4v) is 4.03. The molecule has 1 N–H and O–H groups in total. The second kappa shape index (κ2) is 8.73. The van der Waals surface area contributed by atoms with Crippen LogP contribution in [0, 0.1) is 0 Å². The second-order valence-corrected chi connectivity index (χ2v) is 7.95. The number of H-pyrrole nitrogens is 1. The molecule has 1 unspecified atom stereocenters. The number of fused-ring (bicyclic) bond motifs is 1. The van der Waals surface area contributed by atoms with Crippen LogP contribution in [0.25, 0.3) is 22.4 Å². The third-order valence-corrected chi connectivity index (χ3v) is 5.75. The number of aromatic amines is 1. The lowest BCUT2D eigenvalue weighted by Gasteiger charge is -2.12. The van der Waals surface area contributed by atoms with Crippen LogP contribution in [0.1, 0.15) is 17.3 Å². The van der Waals surface area contributed by atoms with Crippen LogP contribution in [0.15, 0.2) is 52.2 Å². The van der Waals surface area contributed by atoms with E-state index in [1.165, 1.54) is 33.1 Å². The van der Waals surface area contributed by atoms with Crippen molar-refractivity contribution >= 4 is 28.4 Å². The fourth-order valence-electron chi connectivity index (χ4n) is 3.28. The Labute approximate surface area is 182 Å². The molecule has 4 rings (SSSR count). The molecule has 0 amide bonds. The number of ether oxygens (including phenoxy) is 3. The topological polar surface area (TPSA) is 99.5 Å². The zero-order valence-electron chi connectivity index (χ0n) is 17.5. The highest BCUT2D eigenvalue weighted by molar-refractivity contribution is 8.00. The Bertz CT molecular complexity index is 1210. The molecule has 2 heterocycles. The van der Waals surface area contributed by atoms with E-state index in [9.17, 15) is 4.79 Å². The van der Waals surface area contributed by atoms with E-state index in [0.717, 1.165) is 10.9 Å². The van der Waals surface area contributed by atoms with E-state index >= 15 is 0 Å². The van der Waals surface area contributed by atoms with Crippen LogP contribution in [-0.2, 0) is 0 Å². The summed E-state index contributed by atoms with van der Waals surface area (Å²) in [6.07, 6.45) is 1.74. The van der Waals surface area contributed by atoms with Gasteiger partial charge in [0.1, 0.15) is 0 Å². The molecule has 0 saturated carbocycles. The minimum absolute atomic E-state index is 0.0185. The van der Waals surface area contributed by atoms with Gasteiger partial charge in [-0.15, -0.1) is 10.2 Å². The van der Waals surface area contributed by atoms with Gasteiger partial charge in [0.15, 0.2) is 17.3 Å². The summed E-state index contributed by atoms with van der Waals surface area (Å²) in [6.45, 7) is 1.82. The van der Waals surface area contributed by atoms with Crippen LogP contribution in [0.4, 0.5) is 0 Å². The van der Waals surface area contributed by atoms with Gasteiger partial charge in [0.2, 0.25) is 11.6 Å². The van der Waals surface area contributed by atoms with Crippen molar-refractivity contribution in [3.05, 3.63) is 48.2 Å². The zero-order valence-corrected chi connectivity index (χ0v) is 18.3. The first-order chi connectivity index (χ1) is 15.0. The van der Waals surface area contributed by atoms with E-state index in [1.807, 2.05) is 31.2 Å². The summed E-state index contributed by atoms with van der Waals surface area (Å²) >= 11 is 1.21. The number of para-hydroxylation sites is 1. The van der Waals surface area contributed by atoms with Crippen molar-refractivity contribution in [2.45, 2.75) is 17.4 Å². The number of hydrogen-bond donors (Lipinski definition) is 1. The van der Waals surface area contributed by atoms with Crippen molar-refractivity contribution in [3.8, 4) is 28.7 Å². The largest absolute Gasteiger partial charge is 0.493 e.